The summed E-state index contributed by atoms with van der Waals surface area (Å²) in [6.07, 6.45) is -2.08. The van der Waals surface area contributed by atoms with E-state index < -0.39 is 42.0 Å². The summed E-state index contributed by atoms with van der Waals surface area (Å²) in [6.45, 7) is 3.72. The Hall–Kier alpha value is -4.30. The molecule has 0 aliphatic heterocycles. The van der Waals surface area contributed by atoms with Crippen LogP contribution >= 0.6 is 0 Å². The number of halogens is 5. The molecule has 10 nitrogen and oxygen atoms in total. The summed E-state index contributed by atoms with van der Waals surface area (Å²) in [4.78, 5) is 34.0. The number of fused-ring (bicyclic) bond motifs is 2. The molecule has 208 valence electrons. The minimum Gasteiger partial charge on any atom is -0.444 e. The zero-order chi connectivity index (χ0) is 28.7. The molecule has 0 atom stereocenters. The first kappa shape index (κ1) is 27.7. The molecule has 0 radical (unpaired) electrons. The normalized spacial score (nSPS) is 12.2. The summed E-state index contributed by atoms with van der Waals surface area (Å²) in [6, 6.07) is 1.79. The fraction of sp³-hybridized carbons (Fsp3) is 0.375. The number of alkyl halides is 3. The summed E-state index contributed by atoms with van der Waals surface area (Å²) in [7, 11) is 1.44. The first-order chi connectivity index (χ1) is 18.1. The van der Waals surface area contributed by atoms with E-state index in [0.29, 0.717) is 10.7 Å². The van der Waals surface area contributed by atoms with E-state index in [0.717, 1.165) is 22.9 Å². The third kappa shape index (κ3) is 6.23. The minimum atomic E-state index is -4.66. The van der Waals surface area contributed by atoms with Gasteiger partial charge < -0.3 is 15.0 Å². The second-order valence-electron chi connectivity index (χ2n) is 9.71. The summed E-state index contributed by atoms with van der Waals surface area (Å²) in [5.74, 6) is -2.51. The number of ether oxygens (including phenoxy) is 1. The van der Waals surface area contributed by atoms with Crippen LogP contribution in [-0.4, -0.2) is 73.0 Å². The summed E-state index contributed by atoms with van der Waals surface area (Å²) in [5, 5.41) is 6.65. The molecule has 0 aromatic carbocycles. The standard InChI is InChI=1S/C24H24F5N7O3/c1-23(2,3)39-22(38)30-5-6-34(4)21(37)16-8-17-14(9-31-16)19(33-36(17)12-24(27,28)29)18-10-32-20-15(26)7-13(25)11-35(18)20/h7-11H,5-6,12H2,1-4H3,(H,30,38). The number of pyridine rings is 2. The number of likely N-dealkylation sites (N-methyl/N-ethyl adjacent to an activating group) is 1. The van der Waals surface area contributed by atoms with Gasteiger partial charge in [-0.05, 0) is 26.8 Å². The fourth-order valence-electron chi connectivity index (χ4n) is 3.79. The first-order valence-electron chi connectivity index (χ1n) is 11.6. The molecule has 4 rings (SSSR count). The van der Waals surface area contributed by atoms with Crippen LogP contribution in [0.3, 0.4) is 0 Å². The van der Waals surface area contributed by atoms with Gasteiger partial charge in [0.2, 0.25) is 0 Å². The molecule has 39 heavy (non-hydrogen) atoms. The summed E-state index contributed by atoms with van der Waals surface area (Å²) < 4.78 is 74.9. The Bertz CT molecular complexity index is 1560. The first-order valence-corrected chi connectivity index (χ1v) is 11.6. The van der Waals surface area contributed by atoms with Gasteiger partial charge in [-0.1, -0.05) is 0 Å². The van der Waals surface area contributed by atoms with Gasteiger partial charge >= 0.3 is 12.3 Å². The highest BCUT2D eigenvalue weighted by Gasteiger charge is 2.31. The average molecular weight is 553 g/mol. The lowest BCUT2D eigenvalue weighted by atomic mass is 10.2. The predicted octanol–water partition coefficient (Wildman–Crippen LogP) is 4.18. The highest BCUT2D eigenvalue weighted by molar-refractivity contribution is 5.99. The number of carbonyl (C=O) groups is 2. The molecule has 0 saturated heterocycles. The summed E-state index contributed by atoms with van der Waals surface area (Å²) >= 11 is 0. The van der Waals surface area contributed by atoms with Gasteiger partial charge in [0, 0.05) is 44.0 Å². The van der Waals surface area contributed by atoms with Gasteiger partial charge in [0.15, 0.2) is 11.5 Å². The Labute approximate surface area is 218 Å². The van der Waals surface area contributed by atoms with Crippen LogP contribution in [0.5, 0.6) is 0 Å². The van der Waals surface area contributed by atoms with Crippen LogP contribution in [0.15, 0.2) is 30.7 Å². The van der Waals surface area contributed by atoms with Crippen molar-refractivity contribution in [3.8, 4) is 11.4 Å². The van der Waals surface area contributed by atoms with Crippen LogP contribution < -0.4 is 5.32 Å². The molecule has 0 spiro atoms. The third-order valence-electron chi connectivity index (χ3n) is 5.42. The number of nitrogens with one attached hydrogen (secondary N) is 1. The number of hydrogen-bond donors (Lipinski definition) is 1. The number of alkyl carbamates (subject to hydrolysis) is 1. The van der Waals surface area contributed by atoms with Crippen LogP contribution in [0.4, 0.5) is 26.7 Å². The molecule has 0 aliphatic carbocycles. The minimum absolute atomic E-state index is 0.0283. The number of nitrogens with zero attached hydrogens (tertiary/aromatic N) is 6. The van der Waals surface area contributed by atoms with Crippen molar-refractivity contribution in [1.82, 2.24) is 34.4 Å². The SMILES string of the molecule is CN(CCNC(=O)OC(C)(C)C)C(=O)c1cc2c(cn1)c(-c1cnc3c(F)cc(F)cn13)nn2CC(F)(F)F. The molecule has 0 saturated carbocycles. The fourth-order valence-corrected chi connectivity index (χ4v) is 3.79. The molecule has 15 heteroatoms. The maximum atomic E-state index is 14.2. The van der Waals surface area contributed by atoms with E-state index in [1.165, 1.54) is 18.1 Å². The molecule has 0 aliphatic rings. The van der Waals surface area contributed by atoms with Crippen molar-refractivity contribution in [2.75, 3.05) is 20.1 Å². The molecule has 0 bridgehead atoms. The maximum absolute atomic E-state index is 14.2. The van der Waals surface area contributed by atoms with Gasteiger partial charge in [-0.3, -0.25) is 18.9 Å². The van der Waals surface area contributed by atoms with E-state index in [1.54, 1.807) is 20.8 Å². The lowest BCUT2D eigenvalue weighted by Crippen LogP contribution is -2.38. The number of imidazole rings is 1. The van der Waals surface area contributed by atoms with Crippen LogP contribution in [-0.2, 0) is 11.3 Å². The molecule has 4 aromatic rings. The van der Waals surface area contributed by atoms with Crippen molar-refractivity contribution in [3.63, 3.8) is 0 Å². The monoisotopic (exact) mass is 553 g/mol. The topological polar surface area (TPSA) is 107 Å². The van der Waals surface area contributed by atoms with Gasteiger partial charge in [0.25, 0.3) is 5.91 Å². The second kappa shape index (κ2) is 10.1. The van der Waals surface area contributed by atoms with E-state index >= 15 is 0 Å². The molecular formula is C24H24F5N7O3. The van der Waals surface area contributed by atoms with E-state index in [-0.39, 0.29) is 46.7 Å². The van der Waals surface area contributed by atoms with Crippen molar-refractivity contribution < 1.29 is 36.3 Å². The van der Waals surface area contributed by atoms with Gasteiger partial charge in [-0.25, -0.2) is 18.6 Å². The number of rotatable bonds is 6. The van der Waals surface area contributed by atoms with Crippen LogP contribution in [0.1, 0.15) is 31.3 Å². The average Bonchev–Trinajstić information content (AvgIpc) is 3.37. The van der Waals surface area contributed by atoms with Gasteiger partial charge in [0.1, 0.15) is 29.4 Å². The predicted molar refractivity (Wildman–Crippen MR) is 129 cm³/mol. The van der Waals surface area contributed by atoms with E-state index in [2.05, 4.69) is 20.4 Å². The summed E-state index contributed by atoms with van der Waals surface area (Å²) in [5.41, 5.74) is -1.23. The van der Waals surface area contributed by atoms with E-state index in [1.807, 2.05) is 0 Å². The molecule has 2 amide bonds. The Morgan fingerprint density at radius 2 is 1.82 bits per heavy atom. The van der Waals surface area contributed by atoms with Crippen molar-refractivity contribution in [2.45, 2.75) is 39.1 Å². The Kier molecular flexibility index (Phi) is 7.19. The van der Waals surface area contributed by atoms with Gasteiger partial charge in [0.05, 0.1) is 17.4 Å². The van der Waals surface area contributed by atoms with Crippen LogP contribution in [0, 0.1) is 11.6 Å². The number of aromatic nitrogens is 5. The van der Waals surface area contributed by atoms with Crippen molar-refractivity contribution in [2.24, 2.45) is 0 Å². The zero-order valence-electron chi connectivity index (χ0n) is 21.3. The molecule has 4 heterocycles. The third-order valence-corrected chi connectivity index (χ3v) is 5.42. The highest BCUT2D eigenvalue weighted by atomic mass is 19.4. The molecule has 0 fully saturated rings. The zero-order valence-corrected chi connectivity index (χ0v) is 21.3. The van der Waals surface area contributed by atoms with Crippen LogP contribution in [0.2, 0.25) is 0 Å². The highest BCUT2D eigenvalue weighted by Crippen LogP contribution is 2.31. The lowest BCUT2D eigenvalue weighted by molar-refractivity contribution is -0.141. The largest absolute Gasteiger partial charge is 0.444 e. The smallest absolute Gasteiger partial charge is 0.408 e. The van der Waals surface area contributed by atoms with Crippen molar-refractivity contribution in [3.05, 3.63) is 48.1 Å². The number of hydrogen-bond acceptors (Lipinski definition) is 6. The van der Waals surface area contributed by atoms with Crippen molar-refractivity contribution in [1.29, 1.82) is 0 Å². The van der Waals surface area contributed by atoms with E-state index in [4.69, 9.17) is 4.74 Å². The number of carbonyl (C=O) groups excluding carboxylic acids is 2. The number of amides is 2. The quantitative estimate of drug-likeness (QED) is 0.359. The lowest BCUT2D eigenvalue weighted by Gasteiger charge is -2.21. The Balaban J connectivity index is 1.65. The van der Waals surface area contributed by atoms with Gasteiger partial charge in [-0.15, -0.1) is 0 Å². The Morgan fingerprint density at radius 3 is 2.49 bits per heavy atom. The molecule has 0 unspecified atom stereocenters. The molecule has 4 aromatic heterocycles. The van der Waals surface area contributed by atoms with Gasteiger partial charge in [-0.2, -0.15) is 18.3 Å². The molecule has 1 N–H and O–H groups in total. The second-order valence-corrected chi connectivity index (χ2v) is 9.71. The maximum Gasteiger partial charge on any atom is 0.408 e. The molecular weight excluding hydrogens is 529 g/mol. The van der Waals surface area contributed by atoms with E-state index in [9.17, 15) is 31.5 Å². The van der Waals surface area contributed by atoms with Crippen LogP contribution in [0.25, 0.3) is 27.9 Å². The van der Waals surface area contributed by atoms with Crippen molar-refractivity contribution >= 4 is 28.6 Å². The Morgan fingerprint density at radius 1 is 1.10 bits per heavy atom.